The zero-order chi connectivity index (χ0) is 21.5. The summed E-state index contributed by atoms with van der Waals surface area (Å²) in [6.07, 6.45) is 0. The molecule has 0 fully saturated rings. The van der Waals surface area contributed by atoms with Gasteiger partial charge < -0.3 is 18.8 Å². The number of carbonyl (C=O) groups excluding carboxylic acids is 2. The molecule has 0 saturated carbocycles. The summed E-state index contributed by atoms with van der Waals surface area (Å²) < 4.78 is 16.0. The van der Waals surface area contributed by atoms with Crippen molar-refractivity contribution in [3.05, 3.63) is 82.6 Å². The monoisotopic (exact) mass is 427 g/mol. The van der Waals surface area contributed by atoms with E-state index in [4.69, 9.17) is 25.5 Å². The SMILES string of the molecule is COCc1cccc(C(=O)OCC(=O)N(C)Cc2ccc(-c3ccc(Cl)cc3)o2)c1. The summed E-state index contributed by atoms with van der Waals surface area (Å²) in [7, 11) is 3.21. The molecule has 0 aliphatic rings. The van der Waals surface area contributed by atoms with Gasteiger partial charge in [0.15, 0.2) is 6.61 Å². The smallest absolute Gasteiger partial charge is 0.338 e. The van der Waals surface area contributed by atoms with Gasteiger partial charge in [-0.1, -0.05) is 23.7 Å². The average molecular weight is 428 g/mol. The summed E-state index contributed by atoms with van der Waals surface area (Å²) in [5, 5.41) is 0.649. The zero-order valence-electron chi connectivity index (χ0n) is 16.8. The number of hydrogen-bond donors (Lipinski definition) is 0. The third-order valence-corrected chi connectivity index (χ3v) is 4.66. The van der Waals surface area contributed by atoms with Gasteiger partial charge in [-0.15, -0.1) is 0 Å². The Bertz CT molecular complexity index is 1010. The number of nitrogens with zero attached hydrogens (tertiary/aromatic N) is 1. The fraction of sp³-hybridized carbons (Fsp3) is 0.217. The Balaban J connectivity index is 1.53. The van der Waals surface area contributed by atoms with Crippen molar-refractivity contribution in [1.82, 2.24) is 4.90 Å². The van der Waals surface area contributed by atoms with E-state index in [-0.39, 0.29) is 19.1 Å². The maximum absolute atomic E-state index is 12.3. The van der Waals surface area contributed by atoms with Gasteiger partial charge in [-0.05, 0) is 54.1 Å². The fourth-order valence-corrected chi connectivity index (χ4v) is 2.96. The third-order valence-electron chi connectivity index (χ3n) is 4.41. The van der Waals surface area contributed by atoms with Gasteiger partial charge in [0, 0.05) is 24.7 Å². The highest BCUT2D eigenvalue weighted by Gasteiger charge is 2.16. The maximum atomic E-state index is 12.3. The number of rotatable bonds is 8. The molecule has 30 heavy (non-hydrogen) atoms. The molecule has 6 nitrogen and oxygen atoms in total. The predicted molar refractivity (Wildman–Crippen MR) is 113 cm³/mol. The van der Waals surface area contributed by atoms with Crippen LogP contribution in [0.15, 0.2) is 65.1 Å². The molecule has 0 N–H and O–H groups in total. The Morgan fingerprint density at radius 3 is 2.57 bits per heavy atom. The summed E-state index contributed by atoms with van der Waals surface area (Å²) in [5.41, 5.74) is 2.12. The number of furan rings is 1. The van der Waals surface area contributed by atoms with Crippen molar-refractivity contribution in [1.29, 1.82) is 0 Å². The Morgan fingerprint density at radius 1 is 1.07 bits per heavy atom. The molecule has 3 aromatic rings. The van der Waals surface area contributed by atoms with Crippen LogP contribution in [-0.2, 0) is 27.4 Å². The summed E-state index contributed by atoms with van der Waals surface area (Å²) >= 11 is 5.90. The largest absolute Gasteiger partial charge is 0.459 e. The van der Waals surface area contributed by atoms with E-state index in [1.165, 1.54) is 4.90 Å². The second-order valence-electron chi connectivity index (χ2n) is 6.73. The van der Waals surface area contributed by atoms with Crippen LogP contribution in [0.1, 0.15) is 21.7 Å². The number of benzene rings is 2. The normalized spacial score (nSPS) is 10.6. The van der Waals surface area contributed by atoms with Gasteiger partial charge in [0.1, 0.15) is 11.5 Å². The van der Waals surface area contributed by atoms with Crippen LogP contribution in [0.25, 0.3) is 11.3 Å². The minimum Gasteiger partial charge on any atom is -0.459 e. The number of methoxy groups -OCH3 is 1. The van der Waals surface area contributed by atoms with Gasteiger partial charge >= 0.3 is 5.97 Å². The van der Waals surface area contributed by atoms with E-state index >= 15 is 0 Å². The predicted octanol–water partition coefficient (Wildman–Crippen LogP) is 4.56. The number of esters is 1. The molecule has 0 aliphatic heterocycles. The summed E-state index contributed by atoms with van der Waals surface area (Å²) in [4.78, 5) is 26.0. The van der Waals surface area contributed by atoms with E-state index < -0.39 is 5.97 Å². The fourth-order valence-electron chi connectivity index (χ4n) is 2.83. The molecule has 0 saturated heterocycles. The van der Waals surface area contributed by atoms with Crippen molar-refractivity contribution in [2.24, 2.45) is 0 Å². The first-order valence-electron chi connectivity index (χ1n) is 9.30. The molecule has 0 radical (unpaired) electrons. The minimum absolute atomic E-state index is 0.257. The molecule has 0 unspecified atom stereocenters. The minimum atomic E-state index is -0.558. The van der Waals surface area contributed by atoms with E-state index in [2.05, 4.69) is 0 Å². The number of ether oxygens (including phenoxy) is 2. The van der Waals surface area contributed by atoms with Crippen molar-refractivity contribution < 1.29 is 23.5 Å². The van der Waals surface area contributed by atoms with Gasteiger partial charge in [0.05, 0.1) is 18.7 Å². The van der Waals surface area contributed by atoms with E-state index in [0.29, 0.717) is 28.7 Å². The third kappa shape index (κ3) is 5.72. The molecule has 7 heteroatoms. The van der Waals surface area contributed by atoms with Crippen LogP contribution in [0.5, 0.6) is 0 Å². The molecule has 0 atom stereocenters. The standard InChI is InChI=1S/C23H22ClNO5/c1-25(13-20-10-11-21(30-20)17-6-8-19(24)9-7-17)22(26)15-29-23(27)18-5-3-4-16(12-18)14-28-2/h3-12H,13-15H2,1-2H3. The topological polar surface area (TPSA) is 69.0 Å². The van der Waals surface area contributed by atoms with Crippen LogP contribution < -0.4 is 0 Å². The van der Waals surface area contributed by atoms with E-state index in [1.54, 1.807) is 50.6 Å². The summed E-state index contributed by atoms with van der Waals surface area (Å²) in [6, 6.07) is 17.8. The Labute approximate surface area is 180 Å². The molecule has 1 heterocycles. The number of hydrogen-bond acceptors (Lipinski definition) is 5. The van der Waals surface area contributed by atoms with Gasteiger partial charge in [0.2, 0.25) is 0 Å². The van der Waals surface area contributed by atoms with Crippen molar-refractivity contribution in [2.45, 2.75) is 13.2 Å². The Kier molecular flexibility index (Phi) is 7.27. The molecule has 0 aliphatic carbocycles. The van der Waals surface area contributed by atoms with E-state index in [9.17, 15) is 9.59 Å². The molecule has 0 spiro atoms. The first-order chi connectivity index (χ1) is 14.5. The van der Waals surface area contributed by atoms with E-state index in [1.807, 2.05) is 24.3 Å². The van der Waals surface area contributed by atoms with Crippen LogP contribution in [-0.4, -0.2) is 37.5 Å². The van der Waals surface area contributed by atoms with Crippen molar-refractivity contribution in [3.63, 3.8) is 0 Å². The lowest BCUT2D eigenvalue weighted by molar-refractivity contribution is -0.133. The number of amides is 1. The molecular weight excluding hydrogens is 406 g/mol. The zero-order valence-corrected chi connectivity index (χ0v) is 17.5. The van der Waals surface area contributed by atoms with Crippen LogP contribution in [0.2, 0.25) is 5.02 Å². The van der Waals surface area contributed by atoms with Crippen LogP contribution in [0, 0.1) is 0 Å². The van der Waals surface area contributed by atoms with Gasteiger partial charge in [-0.25, -0.2) is 4.79 Å². The number of carbonyl (C=O) groups is 2. The lowest BCUT2D eigenvalue weighted by Crippen LogP contribution is -2.30. The van der Waals surface area contributed by atoms with Gasteiger partial charge in [-0.3, -0.25) is 4.79 Å². The lowest BCUT2D eigenvalue weighted by Gasteiger charge is -2.15. The summed E-state index contributed by atoms with van der Waals surface area (Å²) in [6.45, 7) is 0.297. The second-order valence-corrected chi connectivity index (χ2v) is 7.17. The molecule has 0 bridgehead atoms. The van der Waals surface area contributed by atoms with Gasteiger partial charge in [-0.2, -0.15) is 0 Å². The average Bonchev–Trinajstić information content (AvgIpc) is 3.21. The Morgan fingerprint density at radius 2 is 1.83 bits per heavy atom. The first kappa shape index (κ1) is 21.6. The molecular formula is C23H22ClNO5. The van der Waals surface area contributed by atoms with Crippen molar-refractivity contribution in [2.75, 3.05) is 20.8 Å². The quantitative estimate of drug-likeness (QED) is 0.493. The van der Waals surface area contributed by atoms with Crippen molar-refractivity contribution in [3.8, 4) is 11.3 Å². The van der Waals surface area contributed by atoms with E-state index in [0.717, 1.165) is 11.1 Å². The molecule has 1 amide bonds. The molecule has 2 aromatic carbocycles. The van der Waals surface area contributed by atoms with Gasteiger partial charge in [0.25, 0.3) is 5.91 Å². The highest BCUT2D eigenvalue weighted by Crippen LogP contribution is 2.24. The lowest BCUT2D eigenvalue weighted by atomic mass is 10.1. The molecule has 1 aromatic heterocycles. The first-order valence-corrected chi connectivity index (χ1v) is 9.67. The van der Waals surface area contributed by atoms with Crippen LogP contribution >= 0.6 is 11.6 Å². The number of halogens is 1. The summed E-state index contributed by atoms with van der Waals surface area (Å²) in [5.74, 6) is 0.415. The molecule has 3 rings (SSSR count). The van der Waals surface area contributed by atoms with Crippen LogP contribution in [0.3, 0.4) is 0 Å². The van der Waals surface area contributed by atoms with Crippen molar-refractivity contribution >= 4 is 23.5 Å². The number of likely N-dealkylation sites (N-methyl/N-ethyl adjacent to an activating group) is 1. The molecule has 156 valence electrons. The highest BCUT2D eigenvalue weighted by molar-refractivity contribution is 6.30. The maximum Gasteiger partial charge on any atom is 0.338 e. The second kappa shape index (κ2) is 10.1. The van der Waals surface area contributed by atoms with Crippen LogP contribution in [0.4, 0.5) is 0 Å². The Hall–Kier alpha value is -3.09. The highest BCUT2D eigenvalue weighted by atomic mass is 35.5.